The van der Waals surface area contributed by atoms with Crippen molar-refractivity contribution in [2.24, 2.45) is 5.41 Å². The summed E-state index contributed by atoms with van der Waals surface area (Å²) >= 11 is 0. The summed E-state index contributed by atoms with van der Waals surface area (Å²) in [7, 11) is 0. The zero-order chi connectivity index (χ0) is 49.2. The van der Waals surface area contributed by atoms with Gasteiger partial charge in [-0.25, -0.2) is 19.1 Å². The number of piperidine rings is 1. The van der Waals surface area contributed by atoms with Gasteiger partial charge in [-0.15, -0.1) is 0 Å². The highest BCUT2D eigenvalue weighted by molar-refractivity contribution is 5.90. The number of esters is 2. The molecule has 362 valence electrons. The summed E-state index contributed by atoms with van der Waals surface area (Å²) in [5.41, 5.74) is -0.254. The highest BCUT2D eigenvalue weighted by atomic mass is 19.4. The van der Waals surface area contributed by atoms with Crippen LogP contribution in [0.2, 0.25) is 0 Å². The number of ether oxygens (including phenoxy) is 4. The minimum Gasteiger partial charge on any atom is -0.459 e. The molecule has 23 heteroatoms. The van der Waals surface area contributed by atoms with Crippen LogP contribution in [0.25, 0.3) is 5.69 Å². The highest BCUT2D eigenvalue weighted by Gasteiger charge is 2.71. The van der Waals surface area contributed by atoms with Gasteiger partial charge in [-0.3, -0.25) is 4.90 Å². The van der Waals surface area contributed by atoms with Crippen molar-refractivity contribution in [1.82, 2.24) is 24.6 Å². The molecule has 14 nitrogen and oxygen atoms in total. The maximum absolute atomic E-state index is 15.1. The molecule has 0 bridgehead atoms. The molecule has 4 heterocycles. The molecule has 0 radical (unpaired) electrons. The van der Waals surface area contributed by atoms with E-state index in [9.17, 15) is 40.7 Å². The molecular formula is C45H42F9N7O7. The van der Waals surface area contributed by atoms with Crippen LogP contribution in [0.3, 0.4) is 0 Å². The minimum absolute atomic E-state index is 0.0288. The van der Waals surface area contributed by atoms with Crippen molar-refractivity contribution >= 4 is 29.8 Å². The average Bonchev–Trinajstić information content (AvgIpc) is 3.89. The fourth-order valence-corrected chi connectivity index (χ4v) is 7.90. The Hall–Kier alpha value is -7.07. The van der Waals surface area contributed by atoms with Crippen LogP contribution in [0.15, 0.2) is 97.2 Å². The van der Waals surface area contributed by atoms with Crippen molar-refractivity contribution < 1.29 is 72.8 Å². The maximum atomic E-state index is 15.1. The Morgan fingerprint density at radius 1 is 0.809 bits per heavy atom. The molecule has 5 aromatic rings. The third kappa shape index (κ3) is 10.7. The molecule has 0 unspecified atom stereocenters. The lowest BCUT2D eigenvalue weighted by atomic mass is 9.76. The number of nitrogens with zero attached hydrogens (tertiary/aromatic N) is 6. The SMILES string of the molecule is Cc1ccn(-c2cc(C(=O)OC(C)(C(F)(F)F)C(F)(F)F)ccc2[C@@H](Oc2cc(N3CCC4(CC3)C[C@@H](C(=O)OCc3ccccc3)N(C(=O)OCc3ccccc3)C4)nc(N)n2)C(F)(F)F)n1. The van der Waals surface area contributed by atoms with Crippen molar-refractivity contribution in [3.8, 4) is 11.6 Å². The second kappa shape index (κ2) is 18.9. The Bertz CT molecular complexity index is 2520. The first-order valence-corrected chi connectivity index (χ1v) is 20.8. The molecule has 3 aromatic carbocycles. The van der Waals surface area contributed by atoms with Crippen LogP contribution in [0, 0.1) is 12.3 Å². The van der Waals surface area contributed by atoms with Gasteiger partial charge >= 0.3 is 36.6 Å². The normalized spacial score (nSPS) is 16.9. The summed E-state index contributed by atoms with van der Waals surface area (Å²) in [6.07, 6.45) is -19.1. The number of hydrogen-bond donors (Lipinski definition) is 1. The summed E-state index contributed by atoms with van der Waals surface area (Å²) in [6.45, 7) is 1.55. The second-order valence-electron chi connectivity index (χ2n) is 16.5. The summed E-state index contributed by atoms with van der Waals surface area (Å²) in [6, 6.07) is 21.1. The van der Waals surface area contributed by atoms with E-state index in [1.807, 2.05) is 12.1 Å². The number of nitrogens with two attached hydrogens (primary N) is 1. The molecule has 2 saturated heterocycles. The molecule has 2 aliphatic heterocycles. The van der Waals surface area contributed by atoms with E-state index in [0.717, 1.165) is 28.1 Å². The van der Waals surface area contributed by atoms with E-state index in [0.29, 0.717) is 31.0 Å². The molecular weight excluding hydrogens is 922 g/mol. The van der Waals surface area contributed by atoms with Crippen LogP contribution in [0.1, 0.15) is 65.0 Å². The number of aromatic nitrogens is 4. The number of halogens is 9. The van der Waals surface area contributed by atoms with Gasteiger partial charge in [-0.2, -0.15) is 54.6 Å². The Morgan fingerprint density at radius 3 is 1.97 bits per heavy atom. The van der Waals surface area contributed by atoms with Gasteiger partial charge in [-0.1, -0.05) is 66.7 Å². The van der Waals surface area contributed by atoms with Gasteiger partial charge in [0.25, 0.3) is 5.60 Å². The van der Waals surface area contributed by atoms with E-state index in [1.165, 1.54) is 17.9 Å². The van der Waals surface area contributed by atoms with Gasteiger partial charge in [0.15, 0.2) is 0 Å². The third-order valence-electron chi connectivity index (χ3n) is 11.7. The third-order valence-corrected chi connectivity index (χ3v) is 11.7. The molecule has 0 saturated carbocycles. The Morgan fingerprint density at radius 2 is 1.41 bits per heavy atom. The number of aryl methyl sites for hydroxylation is 1. The average molecular weight is 964 g/mol. The zero-order valence-electron chi connectivity index (χ0n) is 36.1. The van der Waals surface area contributed by atoms with E-state index in [1.54, 1.807) is 53.4 Å². The van der Waals surface area contributed by atoms with E-state index >= 15 is 13.2 Å². The zero-order valence-corrected chi connectivity index (χ0v) is 36.1. The number of anilines is 2. The van der Waals surface area contributed by atoms with Crippen molar-refractivity contribution in [2.45, 2.75) is 82.6 Å². The molecule has 68 heavy (non-hydrogen) atoms. The van der Waals surface area contributed by atoms with Crippen LogP contribution in [-0.4, -0.2) is 92.5 Å². The molecule has 2 atom stereocenters. The van der Waals surface area contributed by atoms with Gasteiger partial charge in [0.05, 0.1) is 16.9 Å². The van der Waals surface area contributed by atoms with Gasteiger partial charge < -0.3 is 29.6 Å². The smallest absolute Gasteiger partial charge is 0.437 e. The lowest BCUT2D eigenvalue weighted by Crippen LogP contribution is -2.57. The van der Waals surface area contributed by atoms with E-state index in [4.69, 9.17) is 19.9 Å². The first-order chi connectivity index (χ1) is 31.9. The van der Waals surface area contributed by atoms with Gasteiger partial charge in [0.1, 0.15) is 25.1 Å². The van der Waals surface area contributed by atoms with Gasteiger partial charge in [0, 0.05) is 37.5 Å². The van der Waals surface area contributed by atoms with Gasteiger partial charge in [0.2, 0.25) is 17.9 Å². The van der Waals surface area contributed by atoms with E-state index in [-0.39, 0.29) is 50.8 Å². The van der Waals surface area contributed by atoms with Crippen molar-refractivity contribution in [3.05, 3.63) is 125 Å². The summed E-state index contributed by atoms with van der Waals surface area (Å²) in [5.74, 6) is -3.89. The highest BCUT2D eigenvalue weighted by Crippen LogP contribution is 2.48. The lowest BCUT2D eigenvalue weighted by Gasteiger charge is -2.39. The topological polar surface area (TPSA) is 164 Å². The molecule has 7 rings (SSSR count). The molecule has 2 N–H and O–H groups in total. The van der Waals surface area contributed by atoms with E-state index in [2.05, 4.69) is 19.8 Å². The maximum Gasteiger partial charge on any atom is 0.437 e. The van der Waals surface area contributed by atoms with Crippen molar-refractivity contribution in [3.63, 3.8) is 0 Å². The van der Waals surface area contributed by atoms with Crippen molar-refractivity contribution in [2.75, 3.05) is 30.3 Å². The number of rotatable bonds is 12. The standard InChI is InChI=1S/C45H42F9N7O7/c1-27-15-18-61(58-27)32-21-30(37(62)68-41(2,44(49,50)51)45(52,53)54)13-14-31(32)36(43(46,47)48)67-35-22-34(56-39(55)57-35)59-19-16-42(17-20-59)23-33(38(63)65-24-28-9-5-3-6-10-28)60(26-42)40(64)66-25-29-11-7-4-8-12-29/h3-15,18,21-22,33,36H,16-17,19-20,23-26H2,1-2H3,(H2,55,56,57)/t33-,36+/m0/s1. The minimum atomic E-state index is -6.12. The molecule has 1 amide bonds. The number of alkyl halides is 9. The lowest BCUT2D eigenvalue weighted by molar-refractivity contribution is -0.358. The molecule has 1 spiro atoms. The molecule has 2 fully saturated rings. The van der Waals surface area contributed by atoms with Crippen LogP contribution in [0.4, 0.5) is 56.1 Å². The Labute approximate surface area is 381 Å². The fraction of sp³-hybridized carbons (Fsp3) is 0.378. The predicted octanol–water partition coefficient (Wildman–Crippen LogP) is 9.02. The fourth-order valence-electron chi connectivity index (χ4n) is 7.90. The molecule has 2 aliphatic rings. The number of nitrogen functional groups attached to an aromatic ring is 1. The monoisotopic (exact) mass is 963 g/mol. The quantitative estimate of drug-likeness (QED) is 0.0718. The largest absolute Gasteiger partial charge is 0.459 e. The number of hydrogen-bond acceptors (Lipinski definition) is 12. The van der Waals surface area contributed by atoms with Crippen LogP contribution < -0.4 is 15.4 Å². The number of carbonyl (C=O) groups is 3. The number of benzene rings is 3. The molecule has 0 aliphatic carbocycles. The number of likely N-dealkylation sites (tertiary alicyclic amines) is 1. The predicted molar refractivity (Wildman–Crippen MR) is 222 cm³/mol. The van der Waals surface area contributed by atoms with E-state index < -0.39 is 95.3 Å². The summed E-state index contributed by atoms with van der Waals surface area (Å²) in [5, 5.41) is 4.03. The summed E-state index contributed by atoms with van der Waals surface area (Å²) in [4.78, 5) is 51.2. The Kier molecular flexibility index (Phi) is 13.6. The first-order valence-electron chi connectivity index (χ1n) is 20.8. The second-order valence-corrected chi connectivity index (χ2v) is 16.5. The van der Waals surface area contributed by atoms with Gasteiger partial charge in [-0.05, 0) is 67.9 Å². The number of carbonyl (C=O) groups excluding carboxylic acids is 3. The Balaban J connectivity index is 1.11. The van der Waals surface area contributed by atoms with Crippen LogP contribution in [0.5, 0.6) is 5.88 Å². The number of amides is 1. The van der Waals surface area contributed by atoms with Crippen molar-refractivity contribution in [1.29, 1.82) is 0 Å². The molecule has 2 aromatic heterocycles. The first kappa shape index (κ1) is 48.9. The van der Waals surface area contributed by atoms with Crippen LogP contribution in [-0.2, 0) is 32.2 Å². The summed E-state index contributed by atoms with van der Waals surface area (Å²) < 4.78 is 148. The van der Waals surface area contributed by atoms with Crippen LogP contribution >= 0.6 is 0 Å².